The summed E-state index contributed by atoms with van der Waals surface area (Å²) in [5.41, 5.74) is 3.30. The quantitative estimate of drug-likeness (QED) is 0.570. The Balaban J connectivity index is 1.68. The van der Waals surface area contributed by atoms with Gasteiger partial charge >= 0.3 is 0 Å². The first-order valence-electron chi connectivity index (χ1n) is 9.59. The highest BCUT2D eigenvalue weighted by molar-refractivity contribution is 7.09. The second-order valence-electron chi connectivity index (χ2n) is 6.65. The molecule has 0 bridgehead atoms. The van der Waals surface area contributed by atoms with Gasteiger partial charge in [-0.05, 0) is 36.5 Å². The Bertz CT molecular complexity index is 892. The Morgan fingerprint density at radius 2 is 1.89 bits per heavy atom. The molecule has 0 aliphatic carbocycles. The molecule has 146 valence electrons. The van der Waals surface area contributed by atoms with Gasteiger partial charge in [-0.1, -0.05) is 55.5 Å². The van der Waals surface area contributed by atoms with Crippen LogP contribution in [0.25, 0.3) is 0 Å². The Morgan fingerprint density at radius 3 is 2.61 bits per heavy atom. The van der Waals surface area contributed by atoms with Gasteiger partial charge in [0.1, 0.15) is 10.8 Å². The average molecular weight is 395 g/mol. The van der Waals surface area contributed by atoms with Crippen LogP contribution in [0, 0.1) is 0 Å². The van der Waals surface area contributed by atoms with Crippen LogP contribution >= 0.6 is 11.3 Å². The zero-order chi connectivity index (χ0) is 19.8. The van der Waals surface area contributed by atoms with Crippen molar-refractivity contribution in [3.63, 3.8) is 0 Å². The molecule has 0 aliphatic heterocycles. The van der Waals surface area contributed by atoms with Crippen molar-refractivity contribution in [3.05, 3.63) is 81.8 Å². The van der Waals surface area contributed by atoms with Crippen molar-refractivity contribution in [1.29, 1.82) is 0 Å². The van der Waals surface area contributed by atoms with Gasteiger partial charge in [-0.25, -0.2) is 4.98 Å². The van der Waals surface area contributed by atoms with Crippen molar-refractivity contribution in [3.8, 4) is 5.75 Å². The predicted molar refractivity (Wildman–Crippen MR) is 114 cm³/mol. The number of hydrogen-bond acceptors (Lipinski definition) is 4. The van der Waals surface area contributed by atoms with E-state index in [2.05, 4.69) is 29.8 Å². The van der Waals surface area contributed by atoms with Crippen LogP contribution in [0.5, 0.6) is 5.75 Å². The zero-order valence-corrected chi connectivity index (χ0v) is 17.2. The SMILES string of the molecule is CCc1csc([C@H](Cc2ccccc2)NC(=O)CCc2ccccc2OC)n1. The highest BCUT2D eigenvalue weighted by atomic mass is 32.1. The fourth-order valence-corrected chi connectivity index (χ4v) is 4.07. The number of benzene rings is 2. The van der Waals surface area contributed by atoms with Gasteiger partial charge in [-0.3, -0.25) is 4.79 Å². The summed E-state index contributed by atoms with van der Waals surface area (Å²) in [4.78, 5) is 17.4. The molecule has 4 nitrogen and oxygen atoms in total. The molecule has 3 rings (SSSR count). The van der Waals surface area contributed by atoms with Gasteiger partial charge in [0.15, 0.2) is 0 Å². The van der Waals surface area contributed by atoms with Gasteiger partial charge < -0.3 is 10.1 Å². The van der Waals surface area contributed by atoms with Crippen molar-refractivity contribution in [2.45, 2.75) is 38.6 Å². The zero-order valence-electron chi connectivity index (χ0n) is 16.4. The van der Waals surface area contributed by atoms with Crippen LogP contribution in [0.3, 0.4) is 0 Å². The van der Waals surface area contributed by atoms with Crippen LogP contribution in [0.15, 0.2) is 60.0 Å². The first-order chi connectivity index (χ1) is 13.7. The first-order valence-corrected chi connectivity index (χ1v) is 10.5. The lowest BCUT2D eigenvalue weighted by molar-refractivity contribution is -0.121. The number of nitrogens with zero attached hydrogens (tertiary/aromatic N) is 1. The number of rotatable bonds is 9. The minimum absolute atomic E-state index is 0.0279. The predicted octanol–water partition coefficient (Wildman–Crippen LogP) is 4.75. The molecule has 28 heavy (non-hydrogen) atoms. The molecule has 0 unspecified atom stereocenters. The third-order valence-corrected chi connectivity index (χ3v) is 5.67. The standard InChI is InChI=1S/C23H26N2O2S/c1-3-19-16-28-23(24-19)20(15-17-9-5-4-6-10-17)25-22(26)14-13-18-11-7-8-12-21(18)27-2/h4-12,16,20H,3,13-15H2,1-2H3,(H,25,26)/t20-/m0/s1. The fourth-order valence-electron chi connectivity index (χ4n) is 3.12. The summed E-state index contributed by atoms with van der Waals surface area (Å²) in [5.74, 6) is 0.851. The third-order valence-electron chi connectivity index (χ3n) is 4.66. The number of nitrogens with one attached hydrogen (secondary N) is 1. The lowest BCUT2D eigenvalue weighted by Crippen LogP contribution is -2.30. The van der Waals surface area contributed by atoms with Crippen molar-refractivity contribution in [2.75, 3.05) is 7.11 Å². The maximum atomic E-state index is 12.7. The number of thiazole rings is 1. The molecular formula is C23H26N2O2S. The number of aromatic nitrogens is 1. The number of carbonyl (C=O) groups excluding carboxylic acids is 1. The Hall–Kier alpha value is -2.66. The van der Waals surface area contributed by atoms with Crippen molar-refractivity contribution in [1.82, 2.24) is 10.3 Å². The van der Waals surface area contributed by atoms with E-state index in [0.29, 0.717) is 12.8 Å². The molecule has 5 heteroatoms. The Morgan fingerprint density at radius 1 is 1.14 bits per heavy atom. The van der Waals surface area contributed by atoms with Gasteiger partial charge in [0.05, 0.1) is 18.8 Å². The molecule has 0 saturated heterocycles. The molecule has 1 atom stereocenters. The maximum absolute atomic E-state index is 12.7. The summed E-state index contributed by atoms with van der Waals surface area (Å²) in [6.07, 6.45) is 2.69. The summed E-state index contributed by atoms with van der Waals surface area (Å²) in [6.45, 7) is 2.09. The summed E-state index contributed by atoms with van der Waals surface area (Å²) < 4.78 is 5.38. The monoisotopic (exact) mass is 394 g/mol. The number of para-hydroxylation sites is 1. The molecule has 2 aromatic carbocycles. The van der Waals surface area contributed by atoms with Crippen molar-refractivity contribution >= 4 is 17.2 Å². The topological polar surface area (TPSA) is 51.2 Å². The van der Waals surface area contributed by atoms with E-state index >= 15 is 0 Å². The molecule has 0 fully saturated rings. The number of aryl methyl sites for hydroxylation is 2. The highest BCUT2D eigenvalue weighted by Crippen LogP contribution is 2.24. The minimum atomic E-state index is -0.113. The lowest BCUT2D eigenvalue weighted by atomic mass is 10.1. The van der Waals surface area contributed by atoms with Crippen molar-refractivity contribution in [2.24, 2.45) is 0 Å². The van der Waals surface area contributed by atoms with Gasteiger partial charge in [-0.15, -0.1) is 11.3 Å². The maximum Gasteiger partial charge on any atom is 0.220 e. The smallest absolute Gasteiger partial charge is 0.220 e. The van der Waals surface area contributed by atoms with E-state index in [1.54, 1.807) is 18.4 Å². The normalized spacial score (nSPS) is 11.8. The van der Waals surface area contributed by atoms with E-state index < -0.39 is 0 Å². The average Bonchev–Trinajstić information content (AvgIpc) is 3.22. The molecule has 1 amide bonds. The summed E-state index contributed by atoms with van der Waals surface area (Å²) in [5, 5.41) is 6.24. The number of hydrogen-bond donors (Lipinski definition) is 1. The second-order valence-corrected chi connectivity index (χ2v) is 7.54. The van der Waals surface area contributed by atoms with Crippen molar-refractivity contribution < 1.29 is 9.53 Å². The molecule has 1 heterocycles. The van der Waals surface area contributed by atoms with Gasteiger partial charge in [0.25, 0.3) is 0 Å². The molecule has 3 aromatic rings. The van der Waals surface area contributed by atoms with E-state index in [1.807, 2.05) is 42.5 Å². The molecular weight excluding hydrogens is 368 g/mol. The minimum Gasteiger partial charge on any atom is -0.496 e. The van der Waals surface area contributed by atoms with E-state index in [-0.39, 0.29) is 11.9 Å². The summed E-state index contributed by atoms with van der Waals surface area (Å²) in [7, 11) is 1.66. The van der Waals surface area contributed by atoms with E-state index in [9.17, 15) is 4.79 Å². The Labute approximate surface area is 170 Å². The van der Waals surface area contributed by atoms with Crippen LogP contribution in [-0.4, -0.2) is 18.0 Å². The second kappa shape index (κ2) is 10.0. The van der Waals surface area contributed by atoms with Crippen LogP contribution in [0.1, 0.15) is 41.2 Å². The van der Waals surface area contributed by atoms with E-state index in [0.717, 1.165) is 34.9 Å². The van der Waals surface area contributed by atoms with Crippen LogP contribution < -0.4 is 10.1 Å². The molecule has 0 spiro atoms. The fraction of sp³-hybridized carbons (Fsp3) is 0.304. The molecule has 0 saturated carbocycles. The van der Waals surface area contributed by atoms with Crippen LogP contribution in [0.2, 0.25) is 0 Å². The lowest BCUT2D eigenvalue weighted by Gasteiger charge is -2.17. The molecule has 1 aromatic heterocycles. The van der Waals surface area contributed by atoms with Gasteiger partial charge in [0.2, 0.25) is 5.91 Å². The van der Waals surface area contributed by atoms with E-state index in [1.165, 1.54) is 5.56 Å². The highest BCUT2D eigenvalue weighted by Gasteiger charge is 2.19. The van der Waals surface area contributed by atoms with Gasteiger partial charge in [-0.2, -0.15) is 0 Å². The van der Waals surface area contributed by atoms with Gasteiger partial charge in [0, 0.05) is 11.8 Å². The van der Waals surface area contributed by atoms with E-state index in [4.69, 9.17) is 9.72 Å². The third kappa shape index (κ3) is 5.42. The number of carbonyl (C=O) groups is 1. The molecule has 0 radical (unpaired) electrons. The number of methoxy groups -OCH3 is 1. The Kier molecular flexibility index (Phi) is 7.20. The first kappa shape index (κ1) is 20.1. The summed E-state index contributed by atoms with van der Waals surface area (Å²) >= 11 is 1.62. The number of amides is 1. The van der Waals surface area contributed by atoms with Crippen LogP contribution in [-0.2, 0) is 24.1 Å². The van der Waals surface area contributed by atoms with Crippen LogP contribution in [0.4, 0.5) is 0 Å². The molecule has 1 N–H and O–H groups in total. The molecule has 0 aliphatic rings. The summed E-state index contributed by atoms with van der Waals surface area (Å²) in [6, 6.07) is 17.9. The number of ether oxygens (including phenoxy) is 1. The largest absolute Gasteiger partial charge is 0.496 e.